The number of carbonyl (C=O) groups is 1. The normalized spacial score (nSPS) is 10.8. The fraction of sp³-hybridized carbons (Fsp3) is 0.105. The van der Waals surface area contributed by atoms with Gasteiger partial charge in [0, 0.05) is 11.8 Å². The molecule has 0 aliphatic rings. The predicted octanol–water partition coefficient (Wildman–Crippen LogP) is 3.18. The molecule has 7 nitrogen and oxygen atoms in total. The zero-order chi connectivity index (χ0) is 17.9. The molecule has 0 aliphatic heterocycles. The lowest BCUT2D eigenvalue weighted by atomic mass is 10.1. The fourth-order valence-electron chi connectivity index (χ4n) is 2.70. The maximum atomic E-state index is 12.4. The first-order valence-corrected chi connectivity index (χ1v) is 8.01. The molecule has 0 aliphatic carbocycles. The van der Waals surface area contributed by atoms with Crippen LogP contribution in [-0.4, -0.2) is 27.4 Å². The number of ether oxygens (including phenoxy) is 1. The minimum Gasteiger partial charge on any atom is -0.497 e. The molecule has 130 valence electrons. The van der Waals surface area contributed by atoms with Crippen LogP contribution < -0.4 is 10.1 Å². The van der Waals surface area contributed by atoms with Crippen LogP contribution in [0.2, 0.25) is 0 Å². The van der Waals surface area contributed by atoms with Gasteiger partial charge in [0.1, 0.15) is 11.6 Å². The monoisotopic (exact) mass is 348 g/mol. The molecule has 1 aromatic carbocycles. The summed E-state index contributed by atoms with van der Waals surface area (Å²) in [5.74, 6) is 1.17. The molecular formula is C19H16N4O3. The maximum Gasteiger partial charge on any atom is 0.229 e. The number of hydrogen-bond acceptors (Lipinski definition) is 5. The molecule has 0 saturated heterocycles. The number of nitrogens with one attached hydrogen (secondary N) is 1. The Kier molecular flexibility index (Phi) is 4.10. The molecule has 0 unspecified atom stereocenters. The number of methoxy groups -OCH3 is 1. The van der Waals surface area contributed by atoms with E-state index in [9.17, 15) is 4.79 Å². The summed E-state index contributed by atoms with van der Waals surface area (Å²) in [6.07, 6.45) is 8.52. The number of imidazole rings is 1. The van der Waals surface area contributed by atoms with Crippen molar-refractivity contribution < 1.29 is 13.9 Å². The lowest BCUT2D eigenvalue weighted by Gasteiger charge is -2.07. The Bertz CT molecular complexity index is 1050. The van der Waals surface area contributed by atoms with Crippen molar-refractivity contribution in [3.63, 3.8) is 0 Å². The molecule has 7 heteroatoms. The molecule has 0 spiro atoms. The summed E-state index contributed by atoms with van der Waals surface area (Å²) >= 11 is 0. The summed E-state index contributed by atoms with van der Waals surface area (Å²) in [4.78, 5) is 21.0. The van der Waals surface area contributed by atoms with Crippen LogP contribution in [0.1, 0.15) is 5.56 Å². The number of aromatic nitrogens is 3. The number of furan rings is 1. The molecule has 3 aromatic heterocycles. The molecule has 0 bridgehead atoms. The van der Waals surface area contributed by atoms with E-state index in [0.29, 0.717) is 11.5 Å². The second-order valence-corrected chi connectivity index (χ2v) is 5.73. The largest absolute Gasteiger partial charge is 0.497 e. The van der Waals surface area contributed by atoms with Crippen molar-refractivity contribution in [1.29, 1.82) is 0 Å². The summed E-state index contributed by atoms with van der Waals surface area (Å²) in [5, 5.41) is 2.89. The third-order valence-corrected chi connectivity index (χ3v) is 3.98. The van der Waals surface area contributed by atoms with Crippen LogP contribution in [0.3, 0.4) is 0 Å². The van der Waals surface area contributed by atoms with E-state index in [1.165, 1.54) is 0 Å². The van der Waals surface area contributed by atoms with Gasteiger partial charge in [0.2, 0.25) is 5.91 Å². The number of fused-ring (bicyclic) bond motifs is 1. The Balaban J connectivity index is 1.56. The summed E-state index contributed by atoms with van der Waals surface area (Å²) < 4.78 is 12.1. The second kappa shape index (κ2) is 6.72. The van der Waals surface area contributed by atoms with Crippen molar-refractivity contribution in [2.24, 2.45) is 0 Å². The Morgan fingerprint density at radius 1 is 1.27 bits per heavy atom. The Morgan fingerprint density at radius 2 is 2.19 bits per heavy atom. The molecule has 3 heterocycles. The highest BCUT2D eigenvalue weighted by atomic mass is 16.5. The zero-order valence-corrected chi connectivity index (χ0v) is 14.0. The molecular weight excluding hydrogens is 332 g/mol. The molecule has 0 saturated carbocycles. The lowest BCUT2D eigenvalue weighted by molar-refractivity contribution is -0.115. The molecule has 26 heavy (non-hydrogen) atoms. The van der Waals surface area contributed by atoms with Crippen molar-refractivity contribution in [2.75, 3.05) is 12.4 Å². The Morgan fingerprint density at radius 3 is 3.00 bits per heavy atom. The number of hydrogen-bond donors (Lipinski definition) is 1. The highest BCUT2D eigenvalue weighted by Crippen LogP contribution is 2.20. The topological polar surface area (TPSA) is 81.7 Å². The average molecular weight is 348 g/mol. The van der Waals surface area contributed by atoms with Crippen molar-refractivity contribution in [2.45, 2.75) is 6.42 Å². The SMILES string of the molecule is COc1cccc(CC(=O)Nc2cnc3cnc(-c4ccoc4)cn23)c1. The Hall–Kier alpha value is -3.61. The number of amides is 1. The van der Waals surface area contributed by atoms with E-state index in [1.807, 2.05) is 36.5 Å². The van der Waals surface area contributed by atoms with Crippen LogP contribution in [0.15, 0.2) is 65.9 Å². The lowest BCUT2D eigenvalue weighted by Crippen LogP contribution is -2.15. The first kappa shape index (κ1) is 15.9. The Labute approximate surface area is 149 Å². The molecule has 0 radical (unpaired) electrons. The van der Waals surface area contributed by atoms with Gasteiger partial charge in [-0.05, 0) is 23.8 Å². The van der Waals surface area contributed by atoms with Crippen LogP contribution in [0, 0.1) is 0 Å². The van der Waals surface area contributed by atoms with Gasteiger partial charge in [-0.15, -0.1) is 0 Å². The van der Waals surface area contributed by atoms with Gasteiger partial charge in [0.25, 0.3) is 0 Å². The van der Waals surface area contributed by atoms with Gasteiger partial charge >= 0.3 is 0 Å². The highest BCUT2D eigenvalue weighted by Gasteiger charge is 2.11. The van der Waals surface area contributed by atoms with Crippen LogP contribution in [-0.2, 0) is 11.2 Å². The molecule has 4 aromatic rings. The van der Waals surface area contributed by atoms with Crippen LogP contribution in [0.5, 0.6) is 5.75 Å². The highest BCUT2D eigenvalue weighted by molar-refractivity contribution is 5.91. The van der Waals surface area contributed by atoms with Gasteiger partial charge in [-0.1, -0.05) is 12.1 Å². The smallest absolute Gasteiger partial charge is 0.229 e. The zero-order valence-electron chi connectivity index (χ0n) is 14.0. The number of nitrogens with zero attached hydrogens (tertiary/aromatic N) is 3. The molecule has 1 N–H and O–H groups in total. The van der Waals surface area contributed by atoms with Gasteiger partial charge in [0.15, 0.2) is 5.65 Å². The third kappa shape index (κ3) is 3.14. The van der Waals surface area contributed by atoms with Crippen LogP contribution >= 0.6 is 0 Å². The fourth-order valence-corrected chi connectivity index (χ4v) is 2.70. The van der Waals surface area contributed by atoms with E-state index in [0.717, 1.165) is 22.6 Å². The predicted molar refractivity (Wildman–Crippen MR) is 96.0 cm³/mol. The minimum absolute atomic E-state index is 0.137. The quantitative estimate of drug-likeness (QED) is 0.599. The average Bonchev–Trinajstić information content (AvgIpc) is 3.32. The van der Waals surface area contributed by atoms with Crippen molar-refractivity contribution in [3.8, 4) is 17.0 Å². The summed E-state index contributed by atoms with van der Waals surface area (Å²) in [6, 6.07) is 9.26. The maximum absolute atomic E-state index is 12.4. The number of carbonyl (C=O) groups excluding carboxylic acids is 1. The van der Waals surface area contributed by atoms with Gasteiger partial charge in [-0.25, -0.2) is 4.98 Å². The summed E-state index contributed by atoms with van der Waals surface area (Å²) in [7, 11) is 1.60. The van der Waals surface area contributed by atoms with Crippen LogP contribution in [0.25, 0.3) is 16.9 Å². The summed E-state index contributed by atoms with van der Waals surface area (Å²) in [6.45, 7) is 0. The van der Waals surface area contributed by atoms with Crippen molar-refractivity contribution >= 4 is 17.4 Å². The molecule has 4 rings (SSSR count). The van der Waals surface area contributed by atoms with Crippen molar-refractivity contribution in [3.05, 3.63) is 67.0 Å². The molecule has 0 fully saturated rings. The van der Waals surface area contributed by atoms with Gasteiger partial charge < -0.3 is 14.5 Å². The molecule has 0 atom stereocenters. The van der Waals surface area contributed by atoms with Gasteiger partial charge in [0.05, 0.1) is 44.1 Å². The van der Waals surface area contributed by atoms with E-state index < -0.39 is 0 Å². The minimum atomic E-state index is -0.137. The first-order valence-electron chi connectivity index (χ1n) is 8.01. The van der Waals surface area contributed by atoms with Gasteiger partial charge in [-0.2, -0.15) is 0 Å². The third-order valence-electron chi connectivity index (χ3n) is 3.98. The van der Waals surface area contributed by atoms with E-state index in [1.54, 1.807) is 36.4 Å². The van der Waals surface area contributed by atoms with E-state index in [2.05, 4.69) is 15.3 Å². The second-order valence-electron chi connectivity index (χ2n) is 5.73. The summed E-state index contributed by atoms with van der Waals surface area (Å²) in [5.41, 5.74) is 3.10. The number of rotatable bonds is 5. The first-order chi connectivity index (χ1) is 12.7. The number of anilines is 1. The van der Waals surface area contributed by atoms with Crippen LogP contribution in [0.4, 0.5) is 5.82 Å². The molecule has 1 amide bonds. The van der Waals surface area contributed by atoms with E-state index in [-0.39, 0.29) is 12.3 Å². The van der Waals surface area contributed by atoms with E-state index >= 15 is 0 Å². The van der Waals surface area contributed by atoms with E-state index in [4.69, 9.17) is 9.15 Å². The standard InChI is InChI=1S/C19H16N4O3/c1-25-15-4-2-3-13(7-15)8-19(24)22-18-10-21-17-9-20-16(11-23(17)18)14-5-6-26-12-14/h2-7,9-12H,8H2,1H3,(H,22,24). The van der Waals surface area contributed by atoms with Crippen molar-refractivity contribution in [1.82, 2.24) is 14.4 Å². The number of benzene rings is 1. The van der Waals surface area contributed by atoms with Gasteiger partial charge in [-0.3, -0.25) is 14.2 Å².